The summed E-state index contributed by atoms with van der Waals surface area (Å²) in [5.41, 5.74) is 1.39. The molecule has 3 aromatic rings. The molecular formula is C13H9Cl2N3O2S. The zero-order valence-corrected chi connectivity index (χ0v) is 12.8. The highest BCUT2D eigenvalue weighted by Gasteiger charge is 2.20. The van der Waals surface area contributed by atoms with E-state index in [0.717, 1.165) is 5.52 Å². The molecule has 108 valence electrons. The lowest BCUT2D eigenvalue weighted by Crippen LogP contribution is -2.14. The smallest absolute Gasteiger partial charge is 0.265 e. The molecule has 0 spiro atoms. The van der Waals surface area contributed by atoms with Gasteiger partial charge in [0, 0.05) is 5.02 Å². The number of rotatable bonds is 3. The number of sulfonamides is 1. The second-order valence-electron chi connectivity index (χ2n) is 4.28. The Bertz CT molecular complexity index is 889. The molecule has 0 aliphatic heterocycles. The number of hydrogen-bond donors (Lipinski definition) is 2. The van der Waals surface area contributed by atoms with Gasteiger partial charge in [0.05, 0.1) is 16.1 Å². The number of hydrogen-bond acceptors (Lipinski definition) is 3. The number of fused-ring (bicyclic) bond motifs is 1. The van der Waals surface area contributed by atoms with Crippen LogP contribution in [-0.2, 0) is 10.0 Å². The van der Waals surface area contributed by atoms with Crippen LogP contribution >= 0.6 is 23.2 Å². The highest BCUT2D eigenvalue weighted by atomic mass is 35.5. The molecule has 0 aliphatic rings. The van der Waals surface area contributed by atoms with Crippen LogP contribution in [0.5, 0.6) is 0 Å². The van der Waals surface area contributed by atoms with E-state index in [9.17, 15) is 8.42 Å². The lowest BCUT2D eigenvalue weighted by Gasteiger charge is -2.07. The summed E-state index contributed by atoms with van der Waals surface area (Å²) in [5.74, 6) is 0.118. The van der Waals surface area contributed by atoms with Crippen molar-refractivity contribution < 1.29 is 8.42 Å². The lowest BCUT2D eigenvalue weighted by molar-refractivity contribution is 0.601. The van der Waals surface area contributed by atoms with Crippen LogP contribution in [0.15, 0.2) is 47.4 Å². The normalized spacial score (nSPS) is 11.7. The van der Waals surface area contributed by atoms with Gasteiger partial charge in [0.15, 0.2) is 0 Å². The van der Waals surface area contributed by atoms with E-state index in [1.165, 1.54) is 18.2 Å². The van der Waals surface area contributed by atoms with Gasteiger partial charge in [0.1, 0.15) is 4.90 Å². The van der Waals surface area contributed by atoms with Crippen LogP contribution in [0.1, 0.15) is 0 Å². The van der Waals surface area contributed by atoms with E-state index < -0.39 is 10.0 Å². The van der Waals surface area contributed by atoms with E-state index in [2.05, 4.69) is 14.7 Å². The number of nitrogens with one attached hydrogen (secondary N) is 2. The molecule has 1 aromatic heterocycles. The van der Waals surface area contributed by atoms with Gasteiger partial charge in [-0.2, -0.15) is 0 Å². The first kappa shape index (κ1) is 14.2. The lowest BCUT2D eigenvalue weighted by atomic mass is 10.3. The first-order chi connectivity index (χ1) is 9.95. The molecule has 8 heteroatoms. The minimum absolute atomic E-state index is 0.0861. The van der Waals surface area contributed by atoms with Crippen molar-refractivity contribution >= 4 is 50.2 Å². The zero-order chi connectivity index (χ0) is 15.0. The van der Waals surface area contributed by atoms with Gasteiger partial charge in [-0.3, -0.25) is 0 Å². The van der Waals surface area contributed by atoms with Gasteiger partial charge in [0.25, 0.3) is 10.0 Å². The van der Waals surface area contributed by atoms with Crippen LogP contribution in [0, 0.1) is 0 Å². The number of halogens is 2. The Balaban J connectivity index is 2.01. The van der Waals surface area contributed by atoms with Crippen molar-refractivity contribution in [2.24, 2.45) is 0 Å². The molecule has 1 heterocycles. The summed E-state index contributed by atoms with van der Waals surface area (Å²) < 4.78 is 27.0. The van der Waals surface area contributed by atoms with Crippen LogP contribution in [-0.4, -0.2) is 18.4 Å². The van der Waals surface area contributed by atoms with Gasteiger partial charge >= 0.3 is 0 Å². The van der Waals surface area contributed by atoms with Crippen molar-refractivity contribution in [1.29, 1.82) is 0 Å². The summed E-state index contributed by atoms with van der Waals surface area (Å²) in [4.78, 5) is 6.93. The molecule has 0 fully saturated rings. The number of aromatic amines is 1. The minimum atomic E-state index is -3.87. The maximum atomic E-state index is 12.3. The van der Waals surface area contributed by atoms with E-state index in [-0.39, 0.29) is 20.9 Å². The number of H-pyrrole nitrogens is 1. The SMILES string of the molecule is O=S(=O)(Nc1nc2ccccc2[nH]1)c1cc(Cl)ccc1Cl. The zero-order valence-electron chi connectivity index (χ0n) is 10.5. The predicted octanol–water partition coefficient (Wildman–Crippen LogP) is 3.67. The van der Waals surface area contributed by atoms with Crippen molar-refractivity contribution in [3.05, 3.63) is 52.5 Å². The fourth-order valence-electron chi connectivity index (χ4n) is 1.87. The highest BCUT2D eigenvalue weighted by molar-refractivity contribution is 7.92. The minimum Gasteiger partial charge on any atom is -0.323 e. The third kappa shape index (κ3) is 2.83. The predicted molar refractivity (Wildman–Crippen MR) is 83.4 cm³/mol. The van der Waals surface area contributed by atoms with Crippen molar-refractivity contribution in [2.75, 3.05) is 4.72 Å². The van der Waals surface area contributed by atoms with E-state index in [4.69, 9.17) is 23.2 Å². The first-order valence-electron chi connectivity index (χ1n) is 5.88. The summed E-state index contributed by atoms with van der Waals surface area (Å²) in [6, 6.07) is 11.4. The summed E-state index contributed by atoms with van der Waals surface area (Å²) in [6.07, 6.45) is 0. The van der Waals surface area contributed by atoms with Gasteiger partial charge in [-0.1, -0.05) is 35.3 Å². The molecule has 0 amide bonds. The Kier molecular flexibility index (Phi) is 3.52. The number of para-hydroxylation sites is 2. The summed E-state index contributed by atoms with van der Waals surface area (Å²) in [7, 11) is -3.87. The molecule has 21 heavy (non-hydrogen) atoms. The molecule has 0 atom stereocenters. The molecule has 5 nitrogen and oxygen atoms in total. The summed E-state index contributed by atoms with van der Waals surface area (Å²) >= 11 is 11.7. The van der Waals surface area contributed by atoms with Crippen LogP contribution < -0.4 is 4.72 Å². The number of benzene rings is 2. The van der Waals surface area contributed by atoms with Gasteiger partial charge in [-0.25, -0.2) is 18.1 Å². The van der Waals surface area contributed by atoms with Crippen LogP contribution in [0.2, 0.25) is 10.0 Å². The first-order valence-corrected chi connectivity index (χ1v) is 8.12. The molecule has 0 radical (unpaired) electrons. The second-order valence-corrected chi connectivity index (χ2v) is 6.78. The van der Waals surface area contributed by atoms with E-state index >= 15 is 0 Å². The maximum absolute atomic E-state index is 12.3. The third-order valence-electron chi connectivity index (χ3n) is 2.80. The molecule has 0 saturated heterocycles. The van der Waals surface area contributed by atoms with Gasteiger partial charge in [-0.05, 0) is 30.3 Å². The van der Waals surface area contributed by atoms with Crippen molar-refractivity contribution in [1.82, 2.24) is 9.97 Å². The van der Waals surface area contributed by atoms with Gasteiger partial charge in [-0.15, -0.1) is 0 Å². The summed E-state index contributed by atoms with van der Waals surface area (Å²) in [5, 5.41) is 0.368. The second kappa shape index (κ2) is 5.22. The van der Waals surface area contributed by atoms with Crippen molar-refractivity contribution in [2.45, 2.75) is 4.90 Å². The van der Waals surface area contributed by atoms with E-state index in [1.807, 2.05) is 12.1 Å². The molecule has 0 unspecified atom stereocenters. The topological polar surface area (TPSA) is 74.8 Å². The quantitative estimate of drug-likeness (QED) is 0.763. The summed E-state index contributed by atoms with van der Waals surface area (Å²) in [6.45, 7) is 0. The molecule has 2 N–H and O–H groups in total. The van der Waals surface area contributed by atoms with Crippen molar-refractivity contribution in [3.63, 3.8) is 0 Å². The Morgan fingerprint density at radius 3 is 2.62 bits per heavy atom. The fraction of sp³-hybridized carbons (Fsp3) is 0. The number of nitrogens with zero attached hydrogens (tertiary/aromatic N) is 1. The van der Waals surface area contributed by atoms with Gasteiger partial charge in [0.2, 0.25) is 5.95 Å². The average molecular weight is 342 g/mol. The molecule has 3 rings (SSSR count). The molecule has 0 aliphatic carbocycles. The molecular weight excluding hydrogens is 333 g/mol. The van der Waals surface area contributed by atoms with Crippen LogP contribution in [0.25, 0.3) is 11.0 Å². The maximum Gasteiger partial charge on any atom is 0.265 e. The van der Waals surface area contributed by atoms with Crippen molar-refractivity contribution in [3.8, 4) is 0 Å². The number of imidazole rings is 1. The molecule has 0 bridgehead atoms. The van der Waals surface area contributed by atoms with Crippen LogP contribution in [0.3, 0.4) is 0 Å². The largest absolute Gasteiger partial charge is 0.323 e. The fourth-order valence-corrected chi connectivity index (χ4v) is 3.59. The highest BCUT2D eigenvalue weighted by Crippen LogP contribution is 2.26. The number of aromatic nitrogens is 2. The Morgan fingerprint density at radius 1 is 1.10 bits per heavy atom. The Labute approximate surface area is 131 Å². The Hall–Kier alpha value is -1.76. The standard InChI is InChI=1S/C13H9Cl2N3O2S/c14-8-5-6-9(15)12(7-8)21(19,20)18-13-16-10-3-1-2-4-11(10)17-13/h1-7H,(H2,16,17,18). The number of anilines is 1. The average Bonchev–Trinajstić information content (AvgIpc) is 2.82. The van der Waals surface area contributed by atoms with E-state index in [0.29, 0.717) is 5.52 Å². The van der Waals surface area contributed by atoms with Gasteiger partial charge < -0.3 is 4.98 Å². The van der Waals surface area contributed by atoms with E-state index in [1.54, 1.807) is 12.1 Å². The molecule has 0 saturated carbocycles. The van der Waals surface area contributed by atoms with Crippen LogP contribution in [0.4, 0.5) is 5.95 Å². The third-order valence-corrected chi connectivity index (χ3v) is 4.86. The molecule has 2 aromatic carbocycles. The Morgan fingerprint density at radius 2 is 1.86 bits per heavy atom. The monoisotopic (exact) mass is 341 g/mol.